The standard InChI is InChI=1S/C27H24N4O2S/c32-26(31-14-10-18(11-15-31)23-16-19-6-1-3-8-22(19)30-23)25-21(17-34-27-28-12-5-13-29-27)20-7-2-4-9-24(20)33-25/h1-9,12-13,16,18,30H,10-11,14-15,17H2. The molecule has 1 amide bonds. The van der Waals surface area contributed by atoms with Gasteiger partial charge in [-0.05, 0) is 42.5 Å². The van der Waals surface area contributed by atoms with Gasteiger partial charge in [0.1, 0.15) is 5.58 Å². The summed E-state index contributed by atoms with van der Waals surface area (Å²) in [6.45, 7) is 1.43. The van der Waals surface area contributed by atoms with Crippen LogP contribution in [0.3, 0.4) is 0 Å². The topological polar surface area (TPSA) is 75.0 Å². The number of carbonyl (C=O) groups excluding carboxylic acids is 1. The van der Waals surface area contributed by atoms with Crippen molar-refractivity contribution < 1.29 is 9.21 Å². The van der Waals surface area contributed by atoms with Crippen LogP contribution in [0.5, 0.6) is 0 Å². The van der Waals surface area contributed by atoms with E-state index in [1.807, 2.05) is 29.2 Å². The fourth-order valence-corrected chi connectivity index (χ4v) is 5.60. The summed E-state index contributed by atoms with van der Waals surface area (Å²) >= 11 is 1.51. The fourth-order valence-electron chi connectivity index (χ4n) is 4.76. The van der Waals surface area contributed by atoms with E-state index >= 15 is 0 Å². The number of nitrogens with one attached hydrogen (secondary N) is 1. The van der Waals surface area contributed by atoms with E-state index in [9.17, 15) is 4.79 Å². The van der Waals surface area contributed by atoms with Crippen LogP contribution in [-0.4, -0.2) is 38.8 Å². The number of aromatic amines is 1. The van der Waals surface area contributed by atoms with Gasteiger partial charge in [-0.15, -0.1) is 0 Å². The number of thioether (sulfide) groups is 1. The number of aromatic nitrogens is 3. The van der Waals surface area contributed by atoms with Gasteiger partial charge in [0.2, 0.25) is 0 Å². The Morgan fingerprint density at radius 3 is 2.62 bits per heavy atom. The molecule has 6 rings (SSSR count). The summed E-state index contributed by atoms with van der Waals surface area (Å²) in [4.78, 5) is 27.7. The molecule has 1 aliphatic rings. The molecule has 0 aliphatic carbocycles. The molecule has 0 unspecified atom stereocenters. The molecule has 0 spiro atoms. The van der Waals surface area contributed by atoms with Crippen LogP contribution in [0.2, 0.25) is 0 Å². The van der Waals surface area contributed by atoms with Gasteiger partial charge in [0.05, 0.1) is 0 Å². The van der Waals surface area contributed by atoms with Gasteiger partial charge < -0.3 is 14.3 Å². The van der Waals surface area contributed by atoms with Crippen molar-refractivity contribution >= 4 is 39.5 Å². The molecular formula is C27H24N4O2S. The molecule has 1 fully saturated rings. The zero-order valence-electron chi connectivity index (χ0n) is 18.6. The van der Waals surface area contributed by atoms with Gasteiger partial charge >= 0.3 is 0 Å². The molecule has 4 heterocycles. The van der Waals surface area contributed by atoms with Crippen LogP contribution >= 0.6 is 11.8 Å². The van der Waals surface area contributed by atoms with Crippen molar-refractivity contribution in [1.29, 1.82) is 0 Å². The third kappa shape index (κ3) is 3.96. The van der Waals surface area contributed by atoms with Crippen LogP contribution in [0.4, 0.5) is 0 Å². The van der Waals surface area contributed by atoms with Gasteiger partial charge in [0.15, 0.2) is 10.9 Å². The number of amides is 1. The maximum Gasteiger partial charge on any atom is 0.289 e. The molecule has 2 aromatic carbocycles. The van der Waals surface area contributed by atoms with Crippen LogP contribution in [0.25, 0.3) is 21.9 Å². The van der Waals surface area contributed by atoms with Gasteiger partial charge in [-0.1, -0.05) is 48.2 Å². The number of benzene rings is 2. The molecule has 5 aromatic rings. The number of nitrogens with zero attached hydrogens (tertiary/aromatic N) is 3. The zero-order chi connectivity index (χ0) is 22.9. The average Bonchev–Trinajstić information content (AvgIpc) is 3.49. The van der Waals surface area contributed by atoms with Gasteiger partial charge in [0.25, 0.3) is 5.91 Å². The number of fused-ring (bicyclic) bond motifs is 2. The molecular weight excluding hydrogens is 444 g/mol. The van der Waals surface area contributed by atoms with Crippen molar-refractivity contribution in [2.45, 2.75) is 29.7 Å². The number of hydrogen-bond acceptors (Lipinski definition) is 5. The number of H-pyrrole nitrogens is 1. The van der Waals surface area contributed by atoms with Gasteiger partial charge in [-0.2, -0.15) is 0 Å². The Bertz CT molecular complexity index is 1420. The largest absolute Gasteiger partial charge is 0.451 e. The van der Waals surface area contributed by atoms with E-state index in [0.717, 1.165) is 29.4 Å². The van der Waals surface area contributed by atoms with E-state index in [0.29, 0.717) is 35.7 Å². The molecule has 0 bridgehead atoms. The minimum atomic E-state index is -0.0316. The number of piperidine rings is 1. The highest BCUT2D eigenvalue weighted by atomic mass is 32.2. The molecule has 1 aliphatic heterocycles. The average molecular weight is 469 g/mol. The molecule has 1 saturated heterocycles. The molecule has 6 nitrogen and oxygen atoms in total. The van der Waals surface area contributed by atoms with Crippen molar-refractivity contribution in [3.63, 3.8) is 0 Å². The normalized spacial score (nSPS) is 14.8. The highest BCUT2D eigenvalue weighted by Gasteiger charge is 2.29. The molecule has 7 heteroatoms. The van der Waals surface area contributed by atoms with Crippen LogP contribution in [-0.2, 0) is 5.75 Å². The van der Waals surface area contributed by atoms with Crippen LogP contribution in [0, 0.1) is 0 Å². The highest BCUT2D eigenvalue weighted by molar-refractivity contribution is 7.98. The lowest BCUT2D eigenvalue weighted by molar-refractivity contribution is 0.0681. The SMILES string of the molecule is O=C(c1oc2ccccc2c1CSc1ncccn1)N1CCC(c2cc3ccccc3[nH]2)CC1. The van der Waals surface area contributed by atoms with E-state index in [1.165, 1.54) is 28.4 Å². The number of hydrogen-bond donors (Lipinski definition) is 1. The van der Waals surface area contributed by atoms with Crippen molar-refractivity contribution in [1.82, 2.24) is 19.9 Å². The molecule has 3 aromatic heterocycles. The summed E-state index contributed by atoms with van der Waals surface area (Å²) in [5.41, 5.74) is 4.08. The monoisotopic (exact) mass is 468 g/mol. The lowest BCUT2D eigenvalue weighted by atomic mass is 9.93. The number of rotatable bonds is 5. The predicted octanol–water partition coefficient (Wildman–Crippen LogP) is 6.02. The summed E-state index contributed by atoms with van der Waals surface area (Å²) in [7, 11) is 0. The smallest absolute Gasteiger partial charge is 0.289 e. The minimum Gasteiger partial charge on any atom is -0.451 e. The molecule has 0 atom stereocenters. The Hall–Kier alpha value is -3.58. The van der Waals surface area contributed by atoms with Gasteiger partial charge in [-0.3, -0.25) is 4.79 Å². The summed E-state index contributed by atoms with van der Waals surface area (Å²) in [6.07, 6.45) is 5.32. The summed E-state index contributed by atoms with van der Waals surface area (Å²) in [5.74, 6) is 1.41. The van der Waals surface area contributed by atoms with E-state index in [-0.39, 0.29) is 5.91 Å². The first-order valence-corrected chi connectivity index (χ1v) is 12.5. The minimum absolute atomic E-state index is 0.0316. The Labute approximate surface area is 201 Å². The maximum absolute atomic E-state index is 13.6. The lowest BCUT2D eigenvalue weighted by Crippen LogP contribution is -2.38. The Morgan fingerprint density at radius 2 is 1.79 bits per heavy atom. The van der Waals surface area contributed by atoms with E-state index in [4.69, 9.17) is 4.42 Å². The molecule has 0 radical (unpaired) electrons. The third-order valence-electron chi connectivity index (χ3n) is 6.55. The van der Waals surface area contributed by atoms with Crippen LogP contribution < -0.4 is 0 Å². The zero-order valence-corrected chi connectivity index (χ0v) is 19.4. The second-order valence-corrected chi connectivity index (χ2v) is 9.55. The first-order chi connectivity index (χ1) is 16.8. The van der Waals surface area contributed by atoms with E-state index < -0.39 is 0 Å². The molecule has 0 saturated carbocycles. The number of carbonyl (C=O) groups is 1. The van der Waals surface area contributed by atoms with Crippen molar-refractivity contribution in [2.24, 2.45) is 0 Å². The molecule has 170 valence electrons. The quantitative estimate of drug-likeness (QED) is 0.252. The first-order valence-electron chi connectivity index (χ1n) is 11.5. The Balaban J connectivity index is 1.21. The summed E-state index contributed by atoms with van der Waals surface area (Å²) in [5, 5.41) is 2.90. The fraction of sp³-hybridized carbons (Fsp3) is 0.222. The van der Waals surface area contributed by atoms with Crippen LogP contribution in [0.1, 0.15) is 40.6 Å². The number of furan rings is 1. The van der Waals surface area contributed by atoms with E-state index in [1.54, 1.807) is 18.5 Å². The predicted molar refractivity (Wildman–Crippen MR) is 134 cm³/mol. The lowest BCUT2D eigenvalue weighted by Gasteiger charge is -2.31. The number of likely N-dealkylation sites (tertiary alicyclic amines) is 1. The van der Waals surface area contributed by atoms with Crippen molar-refractivity contribution in [3.05, 3.63) is 90.1 Å². The van der Waals surface area contributed by atoms with Gasteiger partial charge in [-0.25, -0.2) is 9.97 Å². The first kappa shape index (κ1) is 21.0. The van der Waals surface area contributed by atoms with Crippen molar-refractivity contribution in [3.8, 4) is 0 Å². The number of para-hydroxylation sites is 2. The molecule has 1 N–H and O–H groups in total. The molecule has 34 heavy (non-hydrogen) atoms. The second-order valence-electron chi connectivity index (χ2n) is 8.60. The van der Waals surface area contributed by atoms with E-state index in [2.05, 4.69) is 45.3 Å². The highest BCUT2D eigenvalue weighted by Crippen LogP contribution is 2.34. The Kier molecular flexibility index (Phi) is 5.55. The van der Waals surface area contributed by atoms with Crippen LogP contribution in [0.15, 0.2) is 82.6 Å². The maximum atomic E-state index is 13.6. The summed E-state index contributed by atoms with van der Waals surface area (Å²) in [6, 6.07) is 20.2. The third-order valence-corrected chi connectivity index (χ3v) is 7.46. The Morgan fingerprint density at radius 1 is 1.03 bits per heavy atom. The summed E-state index contributed by atoms with van der Waals surface area (Å²) < 4.78 is 6.10. The van der Waals surface area contributed by atoms with Crippen molar-refractivity contribution in [2.75, 3.05) is 13.1 Å². The second kappa shape index (κ2) is 8.99. The van der Waals surface area contributed by atoms with Gasteiger partial charge in [0, 0.05) is 59.3 Å².